The van der Waals surface area contributed by atoms with Crippen LogP contribution in [0.4, 0.5) is 5.88 Å². The van der Waals surface area contributed by atoms with Gasteiger partial charge in [-0.2, -0.15) is 0 Å². The van der Waals surface area contributed by atoms with Crippen molar-refractivity contribution in [3.8, 4) is 11.5 Å². The fourth-order valence-electron chi connectivity index (χ4n) is 1.12. The summed E-state index contributed by atoms with van der Waals surface area (Å²) in [5.74, 6) is -1.96. The van der Waals surface area contributed by atoms with Gasteiger partial charge in [0.1, 0.15) is 10.5 Å². The Bertz CT molecular complexity index is 554. The predicted molar refractivity (Wildman–Crippen MR) is 47.8 cm³/mol. The van der Waals surface area contributed by atoms with Crippen molar-refractivity contribution in [3.05, 3.63) is 34.0 Å². The van der Waals surface area contributed by atoms with E-state index in [9.17, 15) is 14.9 Å². The van der Waals surface area contributed by atoms with Crippen LogP contribution in [0.15, 0.2) is 27.3 Å². The highest BCUT2D eigenvalue weighted by Crippen LogP contribution is 2.28. The van der Waals surface area contributed by atoms with E-state index in [2.05, 4.69) is 9.68 Å². The van der Waals surface area contributed by atoms with E-state index in [1.807, 2.05) is 0 Å². The highest BCUT2D eigenvalue weighted by atomic mass is 16.6. The topological polar surface area (TPSA) is 120 Å². The largest absolute Gasteiger partial charge is 0.477 e. The van der Waals surface area contributed by atoms with E-state index in [1.165, 1.54) is 6.07 Å². The summed E-state index contributed by atoms with van der Waals surface area (Å²) in [6.07, 6.45) is 0.992. The van der Waals surface area contributed by atoms with Gasteiger partial charge in [0, 0.05) is 0 Å². The first-order chi connectivity index (χ1) is 7.59. The van der Waals surface area contributed by atoms with Crippen molar-refractivity contribution in [1.29, 1.82) is 0 Å². The second-order valence-electron chi connectivity index (χ2n) is 2.77. The molecular weight excluding hydrogens is 220 g/mol. The number of carboxylic acids is 1. The lowest BCUT2D eigenvalue weighted by Gasteiger charge is -1.90. The highest BCUT2D eigenvalue weighted by Gasteiger charge is 2.22. The molecule has 0 atom stereocenters. The van der Waals surface area contributed by atoms with Gasteiger partial charge in [0.05, 0.1) is 12.3 Å². The molecule has 0 saturated heterocycles. The van der Waals surface area contributed by atoms with Gasteiger partial charge in [0.25, 0.3) is 0 Å². The van der Waals surface area contributed by atoms with Crippen LogP contribution in [0.1, 0.15) is 10.4 Å². The molecule has 2 aromatic heterocycles. The van der Waals surface area contributed by atoms with Crippen LogP contribution in [-0.4, -0.2) is 21.2 Å². The number of aromatic nitrogens is 1. The summed E-state index contributed by atoms with van der Waals surface area (Å²) >= 11 is 0. The van der Waals surface area contributed by atoms with Crippen LogP contribution in [0.5, 0.6) is 0 Å². The Morgan fingerprint density at radius 2 is 2.25 bits per heavy atom. The van der Waals surface area contributed by atoms with Crippen LogP contribution in [0.25, 0.3) is 11.5 Å². The summed E-state index contributed by atoms with van der Waals surface area (Å²) in [7, 11) is 0. The molecule has 2 rings (SSSR count). The zero-order valence-electron chi connectivity index (χ0n) is 7.61. The van der Waals surface area contributed by atoms with Crippen LogP contribution in [-0.2, 0) is 0 Å². The summed E-state index contributed by atoms with van der Waals surface area (Å²) in [5.41, 5.74) is -0.218. The Balaban J connectivity index is 2.46. The zero-order valence-corrected chi connectivity index (χ0v) is 7.61. The monoisotopic (exact) mass is 224 g/mol. The lowest BCUT2D eigenvalue weighted by molar-refractivity contribution is -0.401. The third kappa shape index (κ3) is 1.52. The number of aromatic carboxylic acids is 1. The highest BCUT2D eigenvalue weighted by molar-refractivity contribution is 5.93. The normalized spacial score (nSPS) is 10.2. The van der Waals surface area contributed by atoms with Crippen LogP contribution in [0.3, 0.4) is 0 Å². The summed E-state index contributed by atoms with van der Waals surface area (Å²) in [5, 5.41) is 22.4. The van der Waals surface area contributed by atoms with Crippen LogP contribution < -0.4 is 0 Å². The summed E-state index contributed by atoms with van der Waals surface area (Å²) in [6.45, 7) is 0. The molecule has 0 aliphatic rings. The van der Waals surface area contributed by atoms with E-state index >= 15 is 0 Å². The Morgan fingerprint density at radius 1 is 1.50 bits per heavy atom. The van der Waals surface area contributed by atoms with Crippen molar-refractivity contribution in [2.24, 2.45) is 0 Å². The molecule has 0 aliphatic carbocycles. The third-order valence-electron chi connectivity index (χ3n) is 1.80. The van der Waals surface area contributed by atoms with E-state index in [0.717, 1.165) is 12.3 Å². The second-order valence-corrected chi connectivity index (χ2v) is 2.77. The van der Waals surface area contributed by atoms with E-state index in [1.54, 1.807) is 0 Å². The van der Waals surface area contributed by atoms with Gasteiger partial charge in [-0.15, -0.1) is 0 Å². The minimum atomic E-state index is -1.25. The fraction of sp³-hybridized carbons (Fsp3) is 0. The van der Waals surface area contributed by atoms with E-state index in [4.69, 9.17) is 9.52 Å². The molecule has 82 valence electrons. The Hall–Kier alpha value is -2.64. The number of furan rings is 1. The molecular formula is C8H4N2O6. The molecule has 2 heterocycles. The molecule has 0 aromatic carbocycles. The van der Waals surface area contributed by atoms with Gasteiger partial charge < -0.3 is 14.0 Å². The van der Waals surface area contributed by atoms with Crippen LogP contribution >= 0.6 is 0 Å². The van der Waals surface area contributed by atoms with Gasteiger partial charge in [-0.1, -0.05) is 5.16 Å². The molecule has 0 aliphatic heterocycles. The van der Waals surface area contributed by atoms with Crippen LogP contribution in [0.2, 0.25) is 0 Å². The number of hydrogen-bond donors (Lipinski definition) is 1. The maximum atomic E-state index is 10.7. The molecule has 0 bridgehead atoms. The van der Waals surface area contributed by atoms with Crippen molar-refractivity contribution in [1.82, 2.24) is 5.16 Å². The van der Waals surface area contributed by atoms with E-state index < -0.39 is 16.8 Å². The van der Waals surface area contributed by atoms with E-state index in [0.29, 0.717) is 0 Å². The Kier molecular flexibility index (Phi) is 2.16. The van der Waals surface area contributed by atoms with Gasteiger partial charge in [0.15, 0.2) is 5.76 Å². The Morgan fingerprint density at radius 3 is 2.81 bits per heavy atom. The van der Waals surface area contributed by atoms with Gasteiger partial charge in [-0.3, -0.25) is 10.1 Å². The van der Waals surface area contributed by atoms with Gasteiger partial charge in [-0.05, 0) is 6.07 Å². The van der Waals surface area contributed by atoms with Gasteiger partial charge >= 0.3 is 11.9 Å². The zero-order chi connectivity index (χ0) is 11.7. The summed E-state index contributed by atoms with van der Waals surface area (Å²) in [4.78, 5) is 20.3. The number of rotatable bonds is 3. The maximum absolute atomic E-state index is 10.7. The van der Waals surface area contributed by atoms with Crippen LogP contribution in [0, 0.1) is 10.1 Å². The lowest BCUT2D eigenvalue weighted by Crippen LogP contribution is -1.95. The third-order valence-corrected chi connectivity index (χ3v) is 1.80. The maximum Gasteiger partial charge on any atom is 0.433 e. The lowest BCUT2D eigenvalue weighted by atomic mass is 10.2. The SMILES string of the molecule is O=C(O)c1cnoc1-c1ccc([N+](=O)[O-])o1. The summed E-state index contributed by atoms with van der Waals surface area (Å²) < 4.78 is 9.44. The molecule has 0 unspecified atom stereocenters. The van der Waals surface area contributed by atoms with Crippen molar-refractivity contribution in [3.63, 3.8) is 0 Å². The minimum Gasteiger partial charge on any atom is -0.477 e. The van der Waals surface area contributed by atoms with Crippen molar-refractivity contribution in [2.45, 2.75) is 0 Å². The van der Waals surface area contributed by atoms with Gasteiger partial charge in [-0.25, -0.2) is 4.79 Å². The average Bonchev–Trinajstić information content (AvgIpc) is 2.86. The van der Waals surface area contributed by atoms with Crippen molar-refractivity contribution >= 4 is 11.9 Å². The fourth-order valence-corrected chi connectivity index (χ4v) is 1.12. The molecule has 2 aromatic rings. The van der Waals surface area contributed by atoms with Gasteiger partial charge in [0.2, 0.25) is 5.76 Å². The first-order valence-electron chi connectivity index (χ1n) is 4.02. The Labute approximate surface area is 87.2 Å². The predicted octanol–water partition coefficient (Wildman–Crippen LogP) is 1.54. The molecule has 8 nitrogen and oxygen atoms in total. The number of nitro groups is 1. The number of carboxylic acid groups (broad SMARTS) is 1. The number of hydrogen-bond acceptors (Lipinski definition) is 6. The molecule has 0 saturated carbocycles. The minimum absolute atomic E-state index is 0.0541. The molecule has 0 radical (unpaired) electrons. The molecule has 0 fully saturated rings. The molecule has 1 N–H and O–H groups in total. The smallest absolute Gasteiger partial charge is 0.433 e. The number of carbonyl (C=O) groups is 1. The molecule has 16 heavy (non-hydrogen) atoms. The van der Waals surface area contributed by atoms with E-state index in [-0.39, 0.29) is 17.1 Å². The molecule has 0 spiro atoms. The average molecular weight is 224 g/mol. The quantitative estimate of drug-likeness (QED) is 0.619. The van der Waals surface area contributed by atoms with Crippen molar-refractivity contribution < 1.29 is 23.8 Å². The molecule has 8 heteroatoms. The molecule has 0 amide bonds. The number of nitrogens with zero attached hydrogens (tertiary/aromatic N) is 2. The van der Waals surface area contributed by atoms with Crippen molar-refractivity contribution in [2.75, 3.05) is 0 Å². The second kappa shape index (κ2) is 3.50. The summed E-state index contributed by atoms with van der Waals surface area (Å²) in [6, 6.07) is 2.34. The standard InChI is InChI=1S/C8H4N2O6/c11-8(12)4-3-9-16-7(4)5-1-2-6(15-5)10(13)14/h1-3H,(H,11,12). The first kappa shape index (κ1) is 9.90. The first-order valence-corrected chi connectivity index (χ1v) is 4.02.